The fraction of sp³-hybridized carbons (Fsp3) is 0.0714. The Labute approximate surface area is 143 Å². The number of pyridine rings is 2. The summed E-state index contributed by atoms with van der Waals surface area (Å²) in [7, 11) is -5.90. The van der Waals surface area contributed by atoms with E-state index in [1.54, 1.807) is 0 Å². The van der Waals surface area contributed by atoms with E-state index in [0.717, 1.165) is 30.6 Å². The molecular weight excluding hydrogens is 380 g/mol. The standard InChI is InChI=1S/C14H6F4N4O3S/c15-12-2-1-8(6-20-12)11-3-10(25-26(23,24)14(16,17)18)4-13-21-7-9(5-19)22(11)13/h1-4,6-7H. The lowest BCUT2D eigenvalue weighted by molar-refractivity contribution is -0.0500. The second kappa shape index (κ2) is 5.95. The largest absolute Gasteiger partial charge is 0.534 e. The van der Waals surface area contributed by atoms with Gasteiger partial charge in [0.1, 0.15) is 23.2 Å². The lowest BCUT2D eigenvalue weighted by Gasteiger charge is -2.12. The molecule has 0 fully saturated rings. The highest BCUT2D eigenvalue weighted by Crippen LogP contribution is 2.31. The SMILES string of the molecule is N#Cc1cnc2cc(OS(=O)(=O)C(F)(F)F)cc(-c3ccc(F)nc3)n12. The number of hydrogen-bond acceptors (Lipinski definition) is 6. The molecule has 0 bridgehead atoms. The number of nitriles is 1. The lowest BCUT2D eigenvalue weighted by atomic mass is 10.2. The maximum Gasteiger partial charge on any atom is 0.534 e. The van der Waals surface area contributed by atoms with E-state index in [0.29, 0.717) is 0 Å². The van der Waals surface area contributed by atoms with E-state index in [1.807, 2.05) is 6.07 Å². The van der Waals surface area contributed by atoms with E-state index in [2.05, 4.69) is 14.2 Å². The summed E-state index contributed by atoms with van der Waals surface area (Å²) >= 11 is 0. The highest BCUT2D eigenvalue weighted by Gasteiger charge is 2.48. The summed E-state index contributed by atoms with van der Waals surface area (Å²) < 4.78 is 78.4. The minimum absolute atomic E-state index is 0.0181. The minimum Gasteiger partial charge on any atom is -0.376 e. The van der Waals surface area contributed by atoms with Crippen LogP contribution in [0.25, 0.3) is 16.9 Å². The van der Waals surface area contributed by atoms with Gasteiger partial charge in [-0.15, -0.1) is 0 Å². The number of aromatic nitrogens is 3. The van der Waals surface area contributed by atoms with Crippen molar-refractivity contribution >= 4 is 15.8 Å². The quantitative estimate of drug-likeness (QED) is 0.297. The van der Waals surface area contributed by atoms with Gasteiger partial charge in [-0.05, 0) is 12.1 Å². The summed E-state index contributed by atoms with van der Waals surface area (Å²) in [5.74, 6) is -1.48. The minimum atomic E-state index is -5.90. The highest BCUT2D eigenvalue weighted by atomic mass is 32.2. The summed E-state index contributed by atoms with van der Waals surface area (Å²) in [5, 5.41) is 9.14. The van der Waals surface area contributed by atoms with Crippen LogP contribution in [-0.4, -0.2) is 28.3 Å². The van der Waals surface area contributed by atoms with Crippen LogP contribution in [0.5, 0.6) is 5.75 Å². The number of rotatable bonds is 3. The first-order valence-electron chi connectivity index (χ1n) is 6.66. The van der Waals surface area contributed by atoms with Crippen LogP contribution in [-0.2, 0) is 10.1 Å². The van der Waals surface area contributed by atoms with Gasteiger partial charge < -0.3 is 4.18 Å². The Morgan fingerprint density at radius 1 is 1.15 bits per heavy atom. The Morgan fingerprint density at radius 2 is 1.88 bits per heavy atom. The molecule has 0 aliphatic rings. The van der Waals surface area contributed by atoms with Crippen LogP contribution in [0.4, 0.5) is 17.6 Å². The molecule has 0 radical (unpaired) electrons. The number of halogens is 4. The highest BCUT2D eigenvalue weighted by molar-refractivity contribution is 7.88. The Kier molecular flexibility index (Phi) is 4.03. The Balaban J connectivity index is 2.23. The number of nitrogens with zero attached hydrogens (tertiary/aromatic N) is 4. The van der Waals surface area contributed by atoms with Gasteiger partial charge in [-0.2, -0.15) is 31.2 Å². The second-order valence-electron chi connectivity index (χ2n) is 4.88. The van der Waals surface area contributed by atoms with Gasteiger partial charge in [0, 0.05) is 23.9 Å². The van der Waals surface area contributed by atoms with Crippen LogP contribution < -0.4 is 4.18 Å². The van der Waals surface area contributed by atoms with Crippen LogP contribution in [0.2, 0.25) is 0 Å². The van der Waals surface area contributed by atoms with Crippen LogP contribution >= 0.6 is 0 Å². The van der Waals surface area contributed by atoms with E-state index in [-0.39, 0.29) is 22.6 Å². The molecule has 0 saturated carbocycles. The molecule has 0 spiro atoms. The summed E-state index contributed by atoms with van der Waals surface area (Å²) in [6.07, 6.45) is 2.20. The van der Waals surface area contributed by atoms with E-state index in [4.69, 9.17) is 5.26 Å². The van der Waals surface area contributed by atoms with Crippen molar-refractivity contribution in [3.05, 3.63) is 48.3 Å². The molecule has 0 aliphatic heterocycles. The van der Waals surface area contributed by atoms with Gasteiger partial charge in [0.05, 0.1) is 11.9 Å². The molecule has 0 aromatic carbocycles. The molecule has 134 valence electrons. The Bertz CT molecular complexity index is 1130. The predicted octanol–water partition coefficient (Wildman–Crippen LogP) is 2.64. The second-order valence-corrected chi connectivity index (χ2v) is 6.42. The van der Waals surface area contributed by atoms with Crippen LogP contribution in [0.15, 0.2) is 36.7 Å². The summed E-state index contributed by atoms with van der Waals surface area (Å²) in [4.78, 5) is 7.26. The van der Waals surface area contributed by atoms with Gasteiger partial charge in [0.25, 0.3) is 0 Å². The molecule has 0 atom stereocenters. The zero-order chi connectivity index (χ0) is 19.1. The van der Waals surface area contributed by atoms with Crippen molar-refractivity contribution in [2.24, 2.45) is 0 Å². The van der Waals surface area contributed by atoms with Gasteiger partial charge in [-0.1, -0.05) is 0 Å². The normalized spacial score (nSPS) is 12.1. The maximum atomic E-state index is 13.0. The molecule has 12 heteroatoms. The molecule has 7 nitrogen and oxygen atoms in total. The van der Waals surface area contributed by atoms with Gasteiger partial charge in [0.2, 0.25) is 5.95 Å². The molecular formula is C14H6F4N4O3S. The smallest absolute Gasteiger partial charge is 0.376 e. The molecule has 3 rings (SSSR count). The van der Waals surface area contributed by atoms with E-state index < -0.39 is 27.3 Å². The summed E-state index contributed by atoms with van der Waals surface area (Å²) in [5.41, 5.74) is -5.42. The van der Waals surface area contributed by atoms with Crippen LogP contribution in [0.1, 0.15) is 5.69 Å². The molecule has 0 saturated heterocycles. The summed E-state index contributed by atoms with van der Waals surface area (Å²) in [6.45, 7) is 0. The predicted molar refractivity (Wildman–Crippen MR) is 78.7 cm³/mol. The van der Waals surface area contributed by atoms with E-state index in [9.17, 15) is 26.0 Å². The topological polar surface area (TPSA) is 97.3 Å². The van der Waals surface area contributed by atoms with Crippen molar-refractivity contribution in [3.8, 4) is 23.1 Å². The molecule has 3 aromatic rings. The molecule has 0 N–H and O–H groups in total. The molecule has 3 aromatic heterocycles. The first-order valence-corrected chi connectivity index (χ1v) is 8.07. The Morgan fingerprint density at radius 3 is 2.46 bits per heavy atom. The van der Waals surface area contributed by atoms with Crippen molar-refractivity contribution in [3.63, 3.8) is 0 Å². The van der Waals surface area contributed by atoms with Crippen molar-refractivity contribution in [2.45, 2.75) is 5.51 Å². The monoisotopic (exact) mass is 386 g/mol. The number of fused-ring (bicyclic) bond motifs is 1. The van der Waals surface area contributed by atoms with Gasteiger partial charge in [0.15, 0.2) is 0 Å². The third-order valence-electron chi connectivity index (χ3n) is 3.21. The van der Waals surface area contributed by atoms with Crippen molar-refractivity contribution in [2.75, 3.05) is 0 Å². The van der Waals surface area contributed by atoms with Crippen molar-refractivity contribution in [1.29, 1.82) is 5.26 Å². The average molecular weight is 386 g/mol. The van der Waals surface area contributed by atoms with Crippen molar-refractivity contribution < 1.29 is 30.2 Å². The molecule has 3 heterocycles. The molecule has 0 aliphatic carbocycles. The fourth-order valence-electron chi connectivity index (χ4n) is 2.13. The first kappa shape index (κ1) is 17.6. The third kappa shape index (κ3) is 3.04. The third-order valence-corrected chi connectivity index (χ3v) is 4.19. The molecule has 26 heavy (non-hydrogen) atoms. The number of alkyl halides is 3. The lowest BCUT2D eigenvalue weighted by Crippen LogP contribution is -2.28. The maximum absolute atomic E-state index is 13.0. The molecule has 0 unspecified atom stereocenters. The Hall–Kier alpha value is -3.20. The van der Waals surface area contributed by atoms with Crippen LogP contribution in [0, 0.1) is 17.3 Å². The van der Waals surface area contributed by atoms with Crippen molar-refractivity contribution in [1.82, 2.24) is 14.4 Å². The molecule has 0 amide bonds. The zero-order valence-electron chi connectivity index (χ0n) is 12.4. The first-order chi connectivity index (χ1) is 12.1. The van der Waals surface area contributed by atoms with Crippen LogP contribution in [0.3, 0.4) is 0 Å². The summed E-state index contributed by atoms with van der Waals surface area (Å²) in [6, 6.07) is 5.94. The van der Waals surface area contributed by atoms with E-state index in [1.165, 1.54) is 10.5 Å². The zero-order valence-corrected chi connectivity index (χ0v) is 13.2. The van der Waals surface area contributed by atoms with Gasteiger partial charge >= 0.3 is 15.6 Å². The fourth-order valence-corrected chi connectivity index (χ4v) is 2.57. The number of hydrogen-bond donors (Lipinski definition) is 0. The average Bonchev–Trinajstić information content (AvgIpc) is 2.96. The number of imidazole rings is 1. The van der Waals surface area contributed by atoms with E-state index >= 15 is 0 Å². The van der Waals surface area contributed by atoms with Gasteiger partial charge in [-0.3, -0.25) is 4.40 Å². The van der Waals surface area contributed by atoms with Gasteiger partial charge in [-0.25, -0.2) is 9.97 Å².